The average Bonchev–Trinajstić information content (AvgIpc) is 2.96. The normalized spacial score (nSPS) is 13.6. The number of esters is 1. The number of carbonyl (C=O) groups excluding carboxylic acids is 3. The Morgan fingerprint density at radius 2 is 1.76 bits per heavy atom. The molecule has 0 bridgehead atoms. The van der Waals surface area contributed by atoms with Crippen LogP contribution in [0.3, 0.4) is 0 Å². The number of hydrogen-bond donors (Lipinski definition) is 1. The van der Waals surface area contributed by atoms with Crippen molar-refractivity contribution in [1.29, 1.82) is 0 Å². The highest BCUT2D eigenvalue weighted by molar-refractivity contribution is 6.53. The van der Waals surface area contributed by atoms with Gasteiger partial charge in [0.05, 0.1) is 32.6 Å². The van der Waals surface area contributed by atoms with Crippen molar-refractivity contribution in [1.82, 2.24) is 0 Å². The smallest absolute Gasteiger partial charge is 0.337 e. The van der Waals surface area contributed by atoms with E-state index in [0.717, 1.165) is 4.90 Å². The summed E-state index contributed by atoms with van der Waals surface area (Å²) in [7, 11) is 4.15. The number of methoxy groups -OCH3 is 3. The lowest BCUT2D eigenvalue weighted by Gasteiger charge is -2.19. The minimum atomic E-state index is -0.713. The molecule has 9 heteroatoms. The van der Waals surface area contributed by atoms with E-state index >= 15 is 0 Å². The fourth-order valence-electron chi connectivity index (χ4n) is 2.79. The number of halogens is 1. The van der Waals surface area contributed by atoms with E-state index in [1.165, 1.54) is 33.5 Å². The number of amides is 2. The molecule has 0 saturated heterocycles. The van der Waals surface area contributed by atoms with E-state index in [4.69, 9.17) is 21.1 Å². The topological polar surface area (TPSA) is 94.2 Å². The Bertz CT molecular complexity index is 1030. The van der Waals surface area contributed by atoms with Crippen LogP contribution in [0, 0.1) is 0 Å². The number of ether oxygens (including phenoxy) is 3. The van der Waals surface area contributed by atoms with Crippen molar-refractivity contribution in [2.24, 2.45) is 0 Å². The van der Waals surface area contributed by atoms with E-state index in [0.29, 0.717) is 17.2 Å². The SMILES string of the molecule is COC(=O)c1cccc(NC2=C(Cl)C(=O)N(c3cc(OC)ccc3OC)C2=O)c1. The van der Waals surface area contributed by atoms with Gasteiger partial charge in [0, 0.05) is 11.8 Å². The predicted molar refractivity (Wildman–Crippen MR) is 106 cm³/mol. The van der Waals surface area contributed by atoms with Crippen LogP contribution in [0.4, 0.5) is 11.4 Å². The van der Waals surface area contributed by atoms with Gasteiger partial charge in [0.25, 0.3) is 11.8 Å². The lowest BCUT2D eigenvalue weighted by atomic mass is 10.2. The number of rotatable bonds is 6. The standard InChI is InChI=1S/C20H17ClN2O6/c1-27-13-7-8-15(28-2)14(10-13)23-18(24)16(21)17(19(23)25)22-12-6-4-5-11(9-12)20(26)29-3/h4-10,22H,1-3H3. The van der Waals surface area contributed by atoms with Gasteiger partial charge >= 0.3 is 5.97 Å². The van der Waals surface area contributed by atoms with Crippen LogP contribution in [0.2, 0.25) is 0 Å². The molecule has 0 unspecified atom stereocenters. The summed E-state index contributed by atoms with van der Waals surface area (Å²) in [5, 5.41) is 2.52. The number of anilines is 2. The minimum Gasteiger partial charge on any atom is -0.497 e. The van der Waals surface area contributed by atoms with Gasteiger partial charge in [-0.05, 0) is 30.3 Å². The molecule has 0 atom stereocenters. The van der Waals surface area contributed by atoms with E-state index in [-0.39, 0.29) is 22.0 Å². The molecular weight excluding hydrogens is 400 g/mol. The van der Waals surface area contributed by atoms with Gasteiger partial charge in [-0.2, -0.15) is 0 Å². The fourth-order valence-corrected chi connectivity index (χ4v) is 3.00. The first-order valence-corrected chi connectivity index (χ1v) is 8.75. The van der Waals surface area contributed by atoms with Gasteiger partial charge < -0.3 is 19.5 Å². The molecule has 2 aromatic rings. The molecule has 150 valence electrons. The highest BCUT2D eigenvalue weighted by Crippen LogP contribution is 2.37. The second-order valence-corrected chi connectivity index (χ2v) is 6.25. The van der Waals surface area contributed by atoms with Crippen molar-refractivity contribution in [3.63, 3.8) is 0 Å². The van der Waals surface area contributed by atoms with Crippen molar-refractivity contribution in [3.8, 4) is 11.5 Å². The molecule has 0 aliphatic carbocycles. The monoisotopic (exact) mass is 416 g/mol. The lowest BCUT2D eigenvalue weighted by molar-refractivity contribution is -0.120. The van der Waals surface area contributed by atoms with Crippen molar-refractivity contribution in [2.45, 2.75) is 0 Å². The molecule has 0 radical (unpaired) electrons. The molecule has 0 spiro atoms. The molecule has 8 nitrogen and oxygen atoms in total. The zero-order valence-corrected chi connectivity index (χ0v) is 16.6. The van der Waals surface area contributed by atoms with E-state index in [1.807, 2.05) is 0 Å². The van der Waals surface area contributed by atoms with Crippen LogP contribution in [0.1, 0.15) is 10.4 Å². The minimum absolute atomic E-state index is 0.122. The van der Waals surface area contributed by atoms with Crippen LogP contribution in [-0.2, 0) is 14.3 Å². The van der Waals surface area contributed by atoms with Gasteiger partial charge in [-0.25, -0.2) is 9.69 Å². The third kappa shape index (κ3) is 3.74. The zero-order chi connectivity index (χ0) is 21.1. The molecule has 1 heterocycles. The van der Waals surface area contributed by atoms with Gasteiger partial charge in [0.15, 0.2) is 0 Å². The molecule has 0 fully saturated rings. The maximum atomic E-state index is 13.0. The Morgan fingerprint density at radius 3 is 2.41 bits per heavy atom. The van der Waals surface area contributed by atoms with Gasteiger partial charge in [-0.3, -0.25) is 9.59 Å². The van der Waals surface area contributed by atoms with Crippen molar-refractivity contribution >= 4 is 40.8 Å². The van der Waals surface area contributed by atoms with E-state index in [1.54, 1.807) is 30.3 Å². The van der Waals surface area contributed by atoms with Gasteiger partial charge in [-0.1, -0.05) is 17.7 Å². The molecule has 1 aliphatic heterocycles. The summed E-state index contributed by atoms with van der Waals surface area (Å²) in [6, 6.07) is 11.0. The molecule has 0 saturated carbocycles. The van der Waals surface area contributed by atoms with Crippen molar-refractivity contribution < 1.29 is 28.6 Å². The first-order valence-electron chi connectivity index (χ1n) is 8.37. The second-order valence-electron chi connectivity index (χ2n) is 5.87. The maximum Gasteiger partial charge on any atom is 0.337 e. The molecule has 3 rings (SSSR count). The summed E-state index contributed by atoms with van der Waals surface area (Å²) >= 11 is 6.16. The van der Waals surface area contributed by atoms with Crippen molar-refractivity contribution in [2.75, 3.05) is 31.5 Å². The second kappa shape index (κ2) is 8.24. The van der Waals surface area contributed by atoms with Crippen LogP contribution < -0.4 is 19.7 Å². The largest absolute Gasteiger partial charge is 0.497 e. The first-order chi connectivity index (χ1) is 13.9. The average molecular weight is 417 g/mol. The van der Waals surface area contributed by atoms with Gasteiger partial charge in [-0.15, -0.1) is 0 Å². The Labute approximate surface area is 171 Å². The quantitative estimate of drug-likeness (QED) is 0.571. The van der Waals surface area contributed by atoms with Gasteiger partial charge in [0.1, 0.15) is 22.2 Å². The van der Waals surface area contributed by atoms with Crippen LogP contribution >= 0.6 is 11.6 Å². The number of nitrogens with zero attached hydrogens (tertiary/aromatic N) is 1. The number of nitrogens with one attached hydrogen (secondary N) is 1. The third-order valence-electron chi connectivity index (χ3n) is 4.21. The summed E-state index contributed by atoms with van der Waals surface area (Å²) in [4.78, 5) is 38.3. The number of carbonyl (C=O) groups is 3. The number of benzene rings is 2. The van der Waals surface area contributed by atoms with E-state index in [2.05, 4.69) is 10.1 Å². The van der Waals surface area contributed by atoms with E-state index < -0.39 is 17.8 Å². The summed E-state index contributed by atoms with van der Waals surface area (Å²) in [6.45, 7) is 0. The molecular formula is C20H17ClN2O6. The molecule has 1 aliphatic rings. The lowest BCUT2D eigenvalue weighted by Crippen LogP contribution is -2.32. The molecule has 2 amide bonds. The Balaban J connectivity index is 1.95. The van der Waals surface area contributed by atoms with Crippen LogP contribution in [-0.4, -0.2) is 39.1 Å². The third-order valence-corrected chi connectivity index (χ3v) is 4.56. The number of imide groups is 1. The Kier molecular flexibility index (Phi) is 5.74. The molecule has 1 N–H and O–H groups in total. The summed E-state index contributed by atoms with van der Waals surface area (Å²) in [5.74, 6) is -1.19. The maximum absolute atomic E-state index is 13.0. The van der Waals surface area contributed by atoms with Crippen molar-refractivity contribution in [3.05, 3.63) is 58.8 Å². The molecule has 2 aromatic carbocycles. The molecule has 0 aromatic heterocycles. The predicted octanol–water partition coefficient (Wildman–Crippen LogP) is 2.93. The summed E-state index contributed by atoms with van der Waals surface area (Å²) in [5.41, 5.74) is 0.739. The van der Waals surface area contributed by atoms with Gasteiger partial charge in [0.2, 0.25) is 0 Å². The van der Waals surface area contributed by atoms with E-state index in [9.17, 15) is 14.4 Å². The number of hydrogen-bond acceptors (Lipinski definition) is 7. The Morgan fingerprint density at radius 1 is 1.00 bits per heavy atom. The summed E-state index contributed by atoms with van der Waals surface area (Å²) < 4.78 is 15.1. The van der Waals surface area contributed by atoms with Crippen LogP contribution in [0.5, 0.6) is 11.5 Å². The first kappa shape index (κ1) is 20.2. The Hall–Kier alpha value is -3.52. The van der Waals surface area contributed by atoms with Crippen LogP contribution in [0.25, 0.3) is 0 Å². The summed E-state index contributed by atoms with van der Waals surface area (Å²) in [6.07, 6.45) is 0. The highest BCUT2D eigenvalue weighted by Gasteiger charge is 2.40. The zero-order valence-electron chi connectivity index (χ0n) is 15.8. The highest BCUT2D eigenvalue weighted by atomic mass is 35.5. The fraction of sp³-hybridized carbons (Fsp3) is 0.150. The molecule has 29 heavy (non-hydrogen) atoms. The van der Waals surface area contributed by atoms with Crippen LogP contribution in [0.15, 0.2) is 53.2 Å².